The molecule has 0 radical (unpaired) electrons. The first kappa shape index (κ1) is 23.6. The fourth-order valence-electron chi connectivity index (χ4n) is 4.05. The van der Waals surface area contributed by atoms with Gasteiger partial charge in [-0.3, -0.25) is 9.59 Å². The van der Waals surface area contributed by atoms with Crippen LogP contribution in [-0.4, -0.2) is 33.7 Å². The monoisotopic (exact) mass is 512 g/mol. The Kier molecular flexibility index (Phi) is 6.22. The van der Waals surface area contributed by atoms with E-state index in [0.717, 1.165) is 23.5 Å². The van der Waals surface area contributed by atoms with Crippen molar-refractivity contribution in [3.8, 4) is 0 Å². The van der Waals surface area contributed by atoms with Gasteiger partial charge in [0.05, 0.1) is 11.1 Å². The first-order valence-electron chi connectivity index (χ1n) is 10.7. The van der Waals surface area contributed by atoms with Crippen molar-refractivity contribution in [1.29, 1.82) is 0 Å². The fraction of sp³-hybridized carbons (Fsp3) is 0. The maximum Gasteiger partial charge on any atom is 0.336 e. The number of hydrogen-bond donors (Lipinski definition) is 2. The molecule has 0 aliphatic heterocycles. The molecule has 4 aromatic rings. The third-order valence-electron chi connectivity index (χ3n) is 5.67. The zero-order valence-corrected chi connectivity index (χ0v) is 20.1. The highest BCUT2D eigenvalue weighted by Crippen LogP contribution is 2.42. The molecule has 0 unspecified atom stereocenters. The van der Waals surface area contributed by atoms with Gasteiger partial charge >= 0.3 is 11.9 Å². The maximum atomic E-state index is 13.7. The molecule has 1 aliphatic rings. The molecule has 4 aromatic carbocycles. The Morgan fingerprint density at radius 1 is 0.500 bits per heavy atom. The second-order valence-electron chi connectivity index (χ2n) is 7.82. The van der Waals surface area contributed by atoms with E-state index in [9.17, 15) is 29.4 Å². The molecule has 0 amide bonds. The number of carbonyl (C=O) groups excluding carboxylic acids is 2. The van der Waals surface area contributed by atoms with Crippen LogP contribution >= 0.6 is 23.5 Å². The largest absolute Gasteiger partial charge is 0.478 e. The predicted octanol–water partition coefficient (Wildman–Crippen LogP) is 6.16. The molecule has 0 bridgehead atoms. The summed E-state index contributed by atoms with van der Waals surface area (Å²) in [5.74, 6) is -2.85. The minimum atomic E-state index is -1.08. The van der Waals surface area contributed by atoms with Gasteiger partial charge in [-0.25, -0.2) is 9.59 Å². The zero-order valence-electron chi connectivity index (χ0n) is 18.4. The van der Waals surface area contributed by atoms with Crippen molar-refractivity contribution in [2.24, 2.45) is 0 Å². The Balaban J connectivity index is 1.59. The Morgan fingerprint density at radius 2 is 0.861 bits per heavy atom. The van der Waals surface area contributed by atoms with Gasteiger partial charge in [-0.05, 0) is 36.4 Å². The van der Waals surface area contributed by atoms with Gasteiger partial charge in [0, 0.05) is 41.8 Å². The SMILES string of the molecule is O=C(O)c1ccccc1Sc1cccc2c1C(=O)c1cccc(Sc3ccccc3C(=O)O)c1C2=O. The third kappa shape index (κ3) is 4.10. The number of carboxylic acid groups (broad SMARTS) is 2. The zero-order chi connectivity index (χ0) is 25.4. The molecule has 0 fully saturated rings. The van der Waals surface area contributed by atoms with Gasteiger partial charge in [-0.2, -0.15) is 0 Å². The summed E-state index contributed by atoms with van der Waals surface area (Å²) >= 11 is 2.25. The molecule has 8 heteroatoms. The second kappa shape index (κ2) is 9.49. The van der Waals surface area contributed by atoms with Crippen LogP contribution in [0.1, 0.15) is 52.6 Å². The van der Waals surface area contributed by atoms with Crippen molar-refractivity contribution in [2.75, 3.05) is 0 Å². The van der Waals surface area contributed by atoms with Crippen molar-refractivity contribution < 1.29 is 29.4 Å². The van der Waals surface area contributed by atoms with E-state index in [-0.39, 0.29) is 44.9 Å². The van der Waals surface area contributed by atoms with Crippen molar-refractivity contribution in [2.45, 2.75) is 19.6 Å². The van der Waals surface area contributed by atoms with Crippen LogP contribution in [0.3, 0.4) is 0 Å². The molecular formula is C28H16O6S2. The first-order valence-corrected chi connectivity index (χ1v) is 12.4. The highest BCUT2D eigenvalue weighted by Gasteiger charge is 2.34. The molecule has 0 spiro atoms. The molecule has 0 aromatic heterocycles. The Morgan fingerprint density at radius 3 is 1.25 bits per heavy atom. The molecule has 0 saturated carbocycles. The van der Waals surface area contributed by atoms with Crippen LogP contribution in [0.5, 0.6) is 0 Å². The number of benzene rings is 4. The number of carboxylic acids is 2. The summed E-state index contributed by atoms with van der Waals surface area (Å²) in [7, 11) is 0. The molecule has 6 nitrogen and oxygen atoms in total. The highest BCUT2D eigenvalue weighted by atomic mass is 32.2. The van der Waals surface area contributed by atoms with Crippen LogP contribution in [0.25, 0.3) is 0 Å². The van der Waals surface area contributed by atoms with E-state index < -0.39 is 11.9 Å². The van der Waals surface area contributed by atoms with E-state index in [1.54, 1.807) is 72.8 Å². The quantitative estimate of drug-likeness (QED) is 0.278. The highest BCUT2D eigenvalue weighted by molar-refractivity contribution is 7.99. The summed E-state index contributed by atoms with van der Waals surface area (Å²) in [5, 5.41) is 19.1. The summed E-state index contributed by atoms with van der Waals surface area (Å²) < 4.78 is 0. The van der Waals surface area contributed by atoms with Crippen molar-refractivity contribution in [3.63, 3.8) is 0 Å². The number of fused-ring (bicyclic) bond motifs is 2. The van der Waals surface area contributed by atoms with Crippen molar-refractivity contribution in [3.05, 3.63) is 118 Å². The second-order valence-corrected chi connectivity index (χ2v) is 9.99. The molecule has 176 valence electrons. The van der Waals surface area contributed by atoms with E-state index in [2.05, 4.69) is 0 Å². The van der Waals surface area contributed by atoms with Crippen LogP contribution in [0.2, 0.25) is 0 Å². The lowest BCUT2D eigenvalue weighted by Crippen LogP contribution is -2.22. The Labute approximate surface area is 214 Å². The number of rotatable bonds is 6. The summed E-state index contributed by atoms with van der Waals surface area (Å²) in [6.07, 6.45) is 0. The van der Waals surface area contributed by atoms with Crippen LogP contribution in [-0.2, 0) is 0 Å². The van der Waals surface area contributed by atoms with Crippen LogP contribution < -0.4 is 0 Å². The summed E-state index contributed by atoms with van der Waals surface area (Å²) in [4.78, 5) is 52.6. The topological polar surface area (TPSA) is 109 Å². The lowest BCUT2D eigenvalue weighted by molar-refractivity contribution is 0.0682. The lowest BCUT2D eigenvalue weighted by Gasteiger charge is -2.22. The Bertz CT molecular complexity index is 1470. The van der Waals surface area contributed by atoms with Gasteiger partial charge in [0.25, 0.3) is 0 Å². The summed E-state index contributed by atoms with van der Waals surface area (Å²) in [5.41, 5.74) is 1.12. The smallest absolute Gasteiger partial charge is 0.336 e. The van der Waals surface area contributed by atoms with Crippen molar-refractivity contribution >= 4 is 47.0 Å². The van der Waals surface area contributed by atoms with Gasteiger partial charge in [0.1, 0.15) is 0 Å². The van der Waals surface area contributed by atoms with Gasteiger partial charge < -0.3 is 10.2 Å². The van der Waals surface area contributed by atoms with Crippen LogP contribution in [0.4, 0.5) is 0 Å². The van der Waals surface area contributed by atoms with E-state index in [1.165, 1.54) is 12.1 Å². The number of carbonyl (C=O) groups is 4. The van der Waals surface area contributed by atoms with E-state index in [4.69, 9.17) is 0 Å². The molecular weight excluding hydrogens is 496 g/mol. The minimum Gasteiger partial charge on any atom is -0.478 e. The average molecular weight is 513 g/mol. The van der Waals surface area contributed by atoms with Crippen LogP contribution in [0, 0.1) is 0 Å². The predicted molar refractivity (Wildman–Crippen MR) is 135 cm³/mol. The third-order valence-corrected chi connectivity index (χ3v) is 7.94. The Hall–Kier alpha value is -4.14. The van der Waals surface area contributed by atoms with Crippen molar-refractivity contribution in [1.82, 2.24) is 0 Å². The van der Waals surface area contributed by atoms with E-state index in [0.29, 0.717) is 19.6 Å². The first-order chi connectivity index (χ1) is 17.4. The van der Waals surface area contributed by atoms with Gasteiger partial charge in [-0.15, -0.1) is 0 Å². The number of ketones is 2. The average Bonchev–Trinajstić information content (AvgIpc) is 2.87. The van der Waals surface area contributed by atoms with Gasteiger partial charge in [0.2, 0.25) is 0 Å². The number of aromatic carboxylic acids is 2. The normalized spacial score (nSPS) is 12.1. The fourth-order valence-corrected chi connectivity index (χ4v) is 6.25. The van der Waals surface area contributed by atoms with Gasteiger partial charge in [-0.1, -0.05) is 72.1 Å². The molecule has 2 N–H and O–H groups in total. The molecule has 36 heavy (non-hydrogen) atoms. The minimum absolute atomic E-state index is 0.103. The molecule has 0 heterocycles. The lowest BCUT2D eigenvalue weighted by atomic mass is 9.84. The molecule has 0 atom stereocenters. The van der Waals surface area contributed by atoms with E-state index >= 15 is 0 Å². The van der Waals surface area contributed by atoms with Crippen LogP contribution in [0.15, 0.2) is 105 Å². The standard InChI is InChI=1S/C28H16O6S2/c29-25-18-10-6-14-22(36-20-12-4-2-8-16(20)28(33)34)24(18)26(30)17-9-5-13-21(23(17)25)35-19-11-3-1-7-15(19)27(31)32/h1-14H,(H,31,32)(H,33,34). The maximum absolute atomic E-state index is 13.7. The summed E-state index contributed by atoms with van der Waals surface area (Å²) in [6.45, 7) is 0. The van der Waals surface area contributed by atoms with E-state index in [1.807, 2.05) is 0 Å². The van der Waals surface area contributed by atoms with Gasteiger partial charge in [0.15, 0.2) is 11.6 Å². The molecule has 0 saturated heterocycles. The molecule has 5 rings (SSSR count). The molecule has 1 aliphatic carbocycles. The number of hydrogen-bond acceptors (Lipinski definition) is 6. The summed E-state index contributed by atoms with van der Waals surface area (Å²) in [6, 6.07) is 22.8.